The van der Waals surface area contributed by atoms with E-state index in [-0.39, 0.29) is 22.3 Å². The lowest BCUT2D eigenvalue weighted by Crippen LogP contribution is -2.42. The van der Waals surface area contributed by atoms with E-state index in [0.717, 1.165) is 43.5 Å². The maximum Gasteiger partial charge on any atom is 0.255 e. The molecule has 1 amide bonds. The van der Waals surface area contributed by atoms with Gasteiger partial charge in [0, 0.05) is 35.3 Å². The van der Waals surface area contributed by atoms with E-state index in [1.165, 1.54) is 23.5 Å². The summed E-state index contributed by atoms with van der Waals surface area (Å²) in [6, 6.07) is 11.7. The number of aromatic nitrogens is 3. The number of rotatable bonds is 7. The fraction of sp³-hybridized carbons (Fsp3) is 0.400. The van der Waals surface area contributed by atoms with Crippen LogP contribution in [0.3, 0.4) is 0 Å². The molecule has 2 N–H and O–H groups in total. The lowest BCUT2D eigenvalue weighted by atomic mass is 10.1. The number of methoxy groups -OCH3 is 1. The number of hydrogen-bond acceptors (Lipinski definition) is 6. The van der Waals surface area contributed by atoms with Crippen LogP contribution in [0.5, 0.6) is 5.75 Å². The molecule has 10 heteroatoms. The molecule has 2 aromatic carbocycles. The average Bonchev–Trinajstić information content (AvgIpc) is 3.60. The van der Waals surface area contributed by atoms with Gasteiger partial charge in [-0.1, -0.05) is 18.6 Å². The third-order valence-electron chi connectivity index (χ3n) is 6.60. The van der Waals surface area contributed by atoms with Crippen molar-refractivity contribution < 1.29 is 17.9 Å². The van der Waals surface area contributed by atoms with Crippen LogP contribution in [0.15, 0.2) is 47.4 Å². The van der Waals surface area contributed by atoms with Crippen LogP contribution in [0.4, 0.5) is 5.69 Å². The molecule has 35 heavy (non-hydrogen) atoms. The highest BCUT2D eigenvalue weighted by Crippen LogP contribution is 2.38. The third-order valence-corrected chi connectivity index (χ3v) is 8.63. The molecule has 3 aromatic rings. The van der Waals surface area contributed by atoms with Crippen molar-refractivity contribution in [3.05, 3.63) is 53.9 Å². The Balaban J connectivity index is 1.39. The number of anilines is 1. The van der Waals surface area contributed by atoms with Gasteiger partial charge in [-0.25, -0.2) is 13.4 Å². The summed E-state index contributed by atoms with van der Waals surface area (Å²) in [5.41, 5.74) is 1.58. The molecular formula is C25H29N5O4S. The molecule has 5 rings (SSSR count). The minimum Gasteiger partial charge on any atom is -0.495 e. The normalized spacial score (nSPS) is 18.9. The summed E-state index contributed by atoms with van der Waals surface area (Å²) >= 11 is 0. The molecule has 0 spiro atoms. The maximum absolute atomic E-state index is 13.5. The number of aromatic amines is 1. The van der Waals surface area contributed by atoms with Gasteiger partial charge in [-0.15, -0.1) is 0 Å². The number of ether oxygens (including phenoxy) is 1. The van der Waals surface area contributed by atoms with Gasteiger partial charge in [0.15, 0.2) is 5.82 Å². The van der Waals surface area contributed by atoms with E-state index < -0.39 is 15.9 Å². The molecule has 1 aliphatic carbocycles. The fourth-order valence-electron chi connectivity index (χ4n) is 4.46. The van der Waals surface area contributed by atoms with Crippen LogP contribution in [0.1, 0.15) is 61.1 Å². The Bertz CT molecular complexity index is 1350. The zero-order valence-electron chi connectivity index (χ0n) is 19.8. The van der Waals surface area contributed by atoms with Gasteiger partial charge < -0.3 is 10.1 Å². The second-order valence-electron chi connectivity index (χ2n) is 9.18. The Morgan fingerprint density at radius 3 is 2.71 bits per heavy atom. The van der Waals surface area contributed by atoms with Crippen molar-refractivity contribution in [3.63, 3.8) is 0 Å². The molecule has 2 fully saturated rings. The van der Waals surface area contributed by atoms with E-state index in [9.17, 15) is 13.2 Å². The first-order valence-corrected chi connectivity index (χ1v) is 13.3. The highest BCUT2D eigenvalue weighted by Gasteiger charge is 2.33. The second kappa shape index (κ2) is 9.43. The van der Waals surface area contributed by atoms with E-state index in [1.807, 2.05) is 19.1 Å². The molecule has 2 heterocycles. The summed E-state index contributed by atoms with van der Waals surface area (Å²) in [4.78, 5) is 17.7. The minimum absolute atomic E-state index is 0.00322. The molecule has 1 aliphatic heterocycles. The van der Waals surface area contributed by atoms with Gasteiger partial charge >= 0.3 is 0 Å². The lowest BCUT2D eigenvalue weighted by Gasteiger charge is -2.32. The number of piperidine rings is 1. The Kier molecular flexibility index (Phi) is 6.33. The topological polar surface area (TPSA) is 117 Å². The minimum atomic E-state index is -3.82. The molecule has 1 aromatic heterocycles. The van der Waals surface area contributed by atoms with Crippen molar-refractivity contribution in [1.82, 2.24) is 19.5 Å². The van der Waals surface area contributed by atoms with E-state index >= 15 is 0 Å². The van der Waals surface area contributed by atoms with Gasteiger partial charge in [0.2, 0.25) is 10.0 Å². The van der Waals surface area contributed by atoms with Gasteiger partial charge in [0.05, 0.1) is 7.11 Å². The first-order chi connectivity index (χ1) is 16.9. The van der Waals surface area contributed by atoms with Crippen molar-refractivity contribution in [1.29, 1.82) is 0 Å². The number of carbonyl (C=O) groups is 1. The number of hydrogen-bond donors (Lipinski definition) is 2. The van der Waals surface area contributed by atoms with E-state index in [0.29, 0.717) is 24.0 Å². The van der Waals surface area contributed by atoms with Gasteiger partial charge in [0.1, 0.15) is 16.5 Å². The molecule has 1 saturated heterocycles. The van der Waals surface area contributed by atoms with Crippen molar-refractivity contribution >= 4 is 21.6 Å². The smallest absolute Gasteiger partial charge is 0.255 e. The van der Waals surface area contributed by atoms with Crippen LogP contribution in [0, 0.1) is 0 Å². The molecule has 9 nitrogen and oxygen atoms in total. The van der Waals surface area contributed by atoms with Crippen molar-refractivity contribution in [2.24, 2.45) is 0 Å². The molecule has 0 radical (unpaired) electrons. The molecule has 184 valence electrons. The van der Waals surface area contributed by atoms with Crippen LogP contribution in [-0.4, -0.2) is 53.5 Å². The van der Waals surface area contributed by atoms with Gasteiger partial charge in [0.25, 0.3) is 5.91 Å². The third kappa shape index (κ3) is 4.81. The van der Waals surface area contributed by atoms with Crippen LogP contribution in [-0.2, 0) is 10.0 Å². The summed E-state index contributed by atoms with van der Waals surface area (Å²) < 4.78 is 33.8. The summed E-state index contributed by atoms with van der Waals surface area (Å²) in [5.74, 6) is 1.74. The van der Waals surface area contributed by atoms with Gasteiger partial charge in [-0.2, -0.15) is 9.40 Å². The molecule has 0 bridgehead atoms. The number of amides is 1. The summed E-state index contributed by atoms with van der Waals surface area (Å²) in [7, 11) is -2.39. The van der Waals surface area contributed by atoms with Gasteiger partial charge in [-0.05, 0) is 62.9 Å². The average molecular weight is 496 g/mol. The first-order valence-electron chi connectivity index (χ1n) is 11.9. The summed E-state index contributed by atoms with van der Waals surface area (Å²) in [6.45, 7) is 2.37. The van der Waals surface area contributed by atoms with Crippen molar-refractivity contribution in [2.45, 2.75) is 55.9 Å². The quantitative estimate of drug-likeness (QED) is 0.508. The number of benzene rings is 2. The maximum atomic E-state index is 13.5. The number of H-pyrrole nitrogens is 1. The molecule has 1 saturated carbocycles. The van der Waals surface area contributed by atoms with Crippen LogP contribution in [0.2, 0.25) is 0 Å². The van der Waals surface area contributed by atoms with E-state index in [2.05, 4.69) is 20.5 Å². The zero-order valence-corrected chi connectivity index (χ0v) is 20.6. The summed E-state index contributed by atoms with van der Waals surface area (Å²) in [6.07, 6.45) is 4.88. The predicted molar refractivity (Wildman–Crippen MR) is 132 cm³/mol. The number of nitrogens with one attached hydrogen (secondary N) is 2. The number of sulfonamides is 1. The van der Waals surface area contributed by atoms with E-state index in [1.54, 1.807) is 18.2 Å². The van der Waals surface area contributed by atoms with Crippen LogP contribution in [0.25, 0.3) is 11.4 Å². The predicted octanol–water partition coefficient (Wildman–Crippen LogP) is 4.17. The standard InChI is InChI=1S/C25H29N5O4S/c1-16-6-3-4-13-30(16)35(32,33)22-15-19(11-12-21(22)34-2)25(31)26-20-8-5-7-18(14-20)24-27-23(28-29-24)17-9-10-17/h5,7-8,11-12,14-17H,3-4,6,9-10,13H2,1-2H3,(H,26,31)(H,27,28,29). The molecular weight excluding hydrogens is 466 g/mol. The molecule has 2 aliphatic rings. The SMILES string of the molecule is COc1ccc(C(=O)Nc2cccc(-c3n[nH]c(C4CC4)n3)c2)cc1S(=O)(=O)N1CCCCC1C. The fourth-order valence-corrected chi connectivity index (χ4v) is 6.34. The summed E-state index contributed by atoms with van der Waals surface area (Å²) in [5, 5.41) is 10.2. The Hall–Kier alpha value is -3.24. The Morgan fingerprint density at radius 1 is 1.14 bits per heavy atom. The van der Waals surface area contributed by atoms with Crippen LogP contribution < -0.4 is 10.1 Å². The van der Waals surface area contributed by atoms with Crippen LogP contribution >= 0.6 is 0 Å². The Morgan fingerprint density at radius 2 is 1.97 bits per heavy atom. The lowest BCUT2D eigenvalue weighted by molar-refractivity contribution is 0.102. The largest absolute Gasteiger partial charge is 0.495 e. The van der Waals surface area contributed by atoms with Gasteiger partial charge in [-0.3, -0.25) is 9.89 Å². The number of carbonyl (C=O) groups excluding carboxylic acids is 1. The molecule has 1 unspecified atom stereocenters. The van der Waals surface area contributed by atoms with Crippen molar-refractivity contribution in [3.8, 4) is 17.1 Å². The second-order valence-corrected chi connectivity index (χ2v) is 11.0. The Labute approximate surface area is 205 Å². The zero-order chi connectivity index (χ0) is 24.6. The highest BCUT2D eigenvalue weighted by molar-refractivity contribution is 7.89. The highest BCUT2D eigenvalue weighted by atomic mass is 32.2. The number of nitrogens with zero attached hydrogens (tertiary/aromatic N) is 3. The van der Waals surface area contributed by atoms with Crippen molar-refractivity contribution in [2.75, 3.05) is 19.0 Å². The van der Waals surface area contributed by atoms with E-state index in [4.69, 9.17) is 4.74 Å². The molecule has 1 atom stereocenters. The monoisotopic (exact) mass is 495 g/mol. The first kappa shape index (κ1) is 23.5.